The maximum absolute atomic E-state index is 4.61. The number of benzene rings is 1. The monoisotopic (exact) mass is 224 g/mol. The van der Waals surface area contributed by atoms with Crippen LogP contribution in [0.15, 0.2) is 24.3 Å². The molecule has 0 bridgehead atoms. The third-order valence-electron chi connectivity index (χ3n) is 3.69. The van der Waals surface area contributed by atoms with Crippen molar-refractivity contribution in [1.29, 1.82) is 0 Å². The van der Waals surface area contributed by atoms with Gasteiger partial charge in [0, 0.05) is 5.39 Å². The van der Waals surface area contributed by atoms with Gasteiger partial charge >= 0.3 is 0 Å². The Morgan fingerprint density at radius 2 is 1.65 bits per heavy atom. The van der Waals surface area contributed by atoms with E-state index in [1.807, 2.05) is 0 Å². The number of para-hydroxylation sites is 1. The Bertz CT molecular complexity index is 736. The van der Waals surface area contributed by atoms with Gasteiger partial charge in [-0.3, -0.25) is 4.40 Å². The number of pyridine rings is 1. The molecule has 0 aliphatic carbocycles. The smallest absolute Gasteiger partial charge is 0.110 e. The number of hydrogen-bond acceptors (Lipinski definition) is 1. The molecule has 0 saturated heterocycles. The van der Waals surface area contributed by atoms with Crippen molar-refractivity contribution in [3.05, 3.63) is 46.9 Å². The van der Waals surface area contributed by atoms with Crippen molar-refractivity contribution in [1.82, 2.24) is 9.38 Å². The van der Waals surface area contributed by atoms with E-state index in [1.165, 1.54) is 27.5 Å². The summed E-state index contributed by atoms with van der Waals surface area (Å²) in [4.78, 5) is 4.61. The first-order chi connectivity index (χ1) is 8.11. The Balaban J connectivity index is 2.73. The van der Waals surface area contributed by atoms with Gasteiger partial charge in [-0.05, 0) is 44.9 Å². The summed E-state index contributed by atoms with van der Waals surface area (Å²) >= 11 is 0. The minimum atomic E-state index is 1.07. The Morgan fingerprint density at radius 1 is 0.941 bits per heavy atom. The quantitative estimate of drug-likeness (QED) is 0.569. The van der Waals surface area contributed by atoms with Gasteiger partial charge in [0.25, 0.3) is 0 Å². The second-order valence-corrected chi connectivity index (χ2v) is 4.70. The molecule has 3 aromatic rings. The van der Waals surface area contributed by atoms with E-state index in [0.29, 0.717) is 0 Å². The van der Waals surface area contributed by atoms with Crippen LogP contribution in [0.2, 0.25) is 0 Å². The van der Waals surface area contributed by atoms with Gasteiger partial charge < -0.3 is 0 Å². The standard InChI is InChI=1S/C15H16N2/c1-9-10(2)15-11(3)16-12(4)17(15)14-8-6-5-7-13(9)14/h5-8H,1-4H3. The fourth-order valence-electron chi connectivity index (χ4n) is 2.77. The molecule has 2 heteroatoms. The molecule has 0 spiro atoms. The highest BCUT2D eigenvalue weighted by molar-refractivity contribution is 5.89. The highest BCUT2D eigenvalue weighted by atomic mass is 15.0. The molecule has 0 unspecified atom stereocenters. The lowest BCUT2D eigenvalue weighted by molar-refractivity contribution is 1.07. The van der Waals surface area contributed by atoms with E-state index >= 15 is 0 Å². The van der Waals surface area contributed by atoms with Crippen molar-refractivity contribution in [3.63, 3.8) is 0 Å². The highest BCUT2D eigenvalue weighted by Gasteiger charge is 2.13. The largest absolute Gasteiger partial charge is 0.296 e. The Morgan fingerprint density at radius 3 is 2.41 bits per heavy atom. The van der Waals surface area contributed by atoms with Crippen molar-refractivity contribution in [3.8, 4) is 0 Å². The number of hydrogen-bond donors (Lipinski definition) is 0. The molecule has 0 radical (unpaired) electrons. The van der Waals surface area contributed by atoms with Crippen LogP contribution in [-0.4, -0.2) is 9.38 Å². The molecule has 2 heterocycles. The normalized spacial score (nSPS) is 11.5. The van der Waals surface area contributed by atoms with Crippen LogP contribution in [0.3, 0.4) is 0 Å². The summed E-state index contributed by atoms with van der Waals surface area (Å²) in [6, 6.07) is 8.54. The van der Waals surface area contributed by atoms with Gasteiger partial charge in [-0.15, -0.1) is 0 Å². The predicted octanol–water partition coefficient (Wildman–Crippen LogP) is 3.72. The van der Waals surface area contributed by atoms with E-state index in [0.717, 1.165) is 11.5 Å². The second-order valence-electron chi connectivity index (χ2n) is 4.70. The summed E-state index contributed by atoms with van der Waals surface area (Å²) in [7, 11) is 0. The molecule has 2 aromatic heterocycles. The van der Waals surface area contributed by atoms with Gasteiger partial charge in [0.2, 0.25) is 0 Å². The number of aryl methyl sites for hydroxylation is 4. The number of imidazole rings is 1. The first-order valence-electron chi connectivity index (χ1n) is 5.95. The topological polar surface area (TPSA) is 17.3 Å². The summed E-state index contributed by atoms with van der Waals surface area (Å²) in [6.07, 6.45) is 0. The van der Waals surface area contributed by atoms with E-state index in [1.54, 1.807) is 0 Å². The average molecular weight is 224 g/mol. The molecule has 3 rings (SSSR count). The van der Waals surface area contributed by atoms with Crippen molar-refractivity contribution in [2.45, 2.75) is 27.7 Å². The van der Waals surface area contributed by atoms with Crippen LogP contribution in [-0.2, 0) is 0 Å². The van der Waals surface area contributed by atoms with Crippen LogP contribution in [0.1, 0.15) is 22.6 Å². The van der Waals surface area contributed by atoms with Crippen LogP contribution < -0.4 is 0 Å². The molecule has 0 saturated carbocycles. The van der Waals surface area contributed by atoms with E-state index in [-0.39, 0.29) is 0 Å². The molecule has 0 N–H and O–H groups in total. The first kappa shape index (κ1) is 10.3. The fourth-order valence-corrected chi connectivity index (χ4v) is 2.77. The minimum Gasteiger partial charge on any atom is -0.296 e. The maximum Gasteiger partial charge on any atom is 0.110 e. The third-order valence-corrected chi connectivity index (χ3v) is 3.69. The number of fused-ring (bicyclic) bond motifs is 3. The summed E-state index contributed by atoms with van der Waals surface area (Å²) < 4.78 is 2.27. The summed E-state index contributed by atoms with van der Waals surface area (Å²) in [5.74, 6) is 1.07. The molecular weight excluding hydrogens is 208 g/mol. The van der Waals surface area contributed by atoms with Crippen molar-refractivity contribution in [2.75, 3.05) is 0 Å². The number of rotatable bonds is 0. The van der Waals surface area contributed by atoms with Gasteiger partial charge in [0.15, 0.2) is 0 Å². The van der Waals surface area contributed by atoms with E-state index in [2.05, 4.69) is 61.3 Å². The third kappa shape index (κ3) is 1.24. The zero-order valence-electron chi connectivity index (χ0n) is 10.7. The van der Waals surface area contributed by atoms with Crippen LogP contribution >= 0.6 is 0 Å². The molecule has 0 atom stereocenters. The van der Waals surface area contributed by atoms with Gasteiger partial charge in [0.1, 0.15) is 5.82 Å². The van der Waals surface area contributed by atoms with Gasteiger partial charge in [-0.1, -0.05) is 18.2 Å². The maximum atomic E-state index is 4.61. The number of aromatic nitrogens is 2. The molecule has 1 aromatic carbocycles. The molecule has 2 nitrogen and oxygen atoms in total. The van der Waals surface area contributed by atoms with Crippen LogP contribution in [0, 0.1) is 27.7 Å². The van der Waals surface area contributed by atoms with Crippen molar-refractivity contribution >= 4 is 16.4 Å². The second kappa shape index (κ2) is 3.33. The predicted molar refractivity (Wildman–Crippen MR) is 71.6 cm³/mol. The van der Waals surface area contributed by atoms with E-state index < -0.39 is 0 Å². The fraction of sp³-hybridized carbons (Fsp3) is 0.267. The van der Waals surface area contributed by atoms with Gasteiger partial charge in [0.05, 0.1) is 16.7 Å². The Kier molecular flexibility index (Phi) is 2.02. The van der Waals surface area contributed by atoms with Crippen LogP contribution in [0.5, 0.6) is 0 Å². The van der Waals surface area contributed by atoms with Crippen molar-refractivity contribution < 1.29 is 0 Å². The lowest BCUT2D eigenvalue weighted by atomic mass is 10.0. The Hall–Kier alpha value is -1.83. The molecule has 0 aliphatic heterocycles. The lowest BCUT2D eigenvalue weighted by Gasteiger charge is -2.11. The molecule has 86 valence electrons. The molecule has 17 heavy (non-hydrogen) atoms. The zero-order valence-corrected chi connectivity index (χ0v) is 10.7. The minimum absolute atomic E-state index is 1.07. The molecular formula is C15H16N2. The number of nitrogens with zero attached hydrogens (tertiary/aromatic N) is 2. The summed E-state index contributed by atoms with van der Waals surface area (Å²) in [5, 5.41) is 1.32. The van der Waals surface area contributed by atoms with Gasteiger partial charge in [-0.25, -0.2) is 4.98 Å². The average Bonchev–Trinajstić information content (AvgIpc) is 2.62. The van der Waals surface area contributed by atoms with E-state index in [9.17, 15) is 0 Å². The van der Waals surface area contributed by atoms with Crippen LogP contribution in [0.25, 0.3) is 16.4 Å². The molecule has 0 amide bonds. The molecule has 0 fully saturated rings. The highest BCUT2D eigenvalue weighted by Crippen LogP contribution is 2.28. The summed E-state index contributed by atoms with van der Waals surface area (Å²) in [5.41, 5.74) is 6.33. The molecule has 0 aliphatic rings. The SMILES string of the molecule is Cc1c(C)c2c(C)nc(C)n2c2ccccc12. The van der Waals surface area contributed by atoms with E-state index in [4.69, 9.17) is 0 Å². The van der Waals surface area contributed by atoms with Gasteiger partial charge in [-0.2, -0.15) is 0 Å². The Labute approximate surface area is 101 Å². The lowest BCUT2D eigenvalue weighted by Crippen LogP contribution is -1.96. The first-order valence-corrected chi connectivity index (χ1v) is 5.95. The zero-order chi connectivity index (χ0) is 12.2. The van der Waals surface area contributed by atoms with Crippen molar-refractivity contribution in [2.24, 2.45) is 0 Å². The van der Waals surface area contributed by atoms with Crippen LogP contribution in [0.4, 0.5) is 0 Å². The summed E-state index contributed by atoms with van der Waals surface area (Å²) in [6.45, 7) is 8.54.